The predicted molar refractivity (Wildman–Crippen MR) is 86.3 cm³/mol. The van der Waals surface area contributed by atoms with Gasteiger partial charge in [-0.3, -0.25) is 4.79 Å². The lowest BCUT2D eigenvalue weighted by Gasteiger charge is -2.26. The van der Waals surface area contributed by atoms with Gasteiger partial charge in [0.25, 0.3) is 5.91 Å². The van der Waals surface area contributed by atoms with Crippen LogP contribution in [0, 0.1) is 6.92 Å². The molecule has 0 spiro atoms. The van der Waals surface area contributed by atoms with Gasteiger partial charge in [-0.05, 0) is 12.1 Å². The maximum Gasteiger partial charge on any atom is 0.330 e. The molecule has 25 heavy (non-hydrogen) atoms. The quantitative estimate of drug-likeness (QED) is 0.706. The van der Waals surface area contributed by atoms with E-state index in [9.17, 15) is 9.59 Å². The van der Waals surface area contributed by atoms with Crippen LogP contribution >= 0.6 is 0 Å². The second-order valence-electron chi connectivity index (χ2n) is 5.66. The molecule has 9 heteroatoms. The number of ether oxygens (including phenoxy) is 2. The summed E-state index contributed by atoms with van der Waals surface area (Å²) >= 11 is 0. The number of carbonyl (C=O) groups excluding carboxylic acids is 2. The molecule has 1 aliphatic heterocycles. The molecule has 1 saturated heterocycles. The van der Waals surface area contributed by atoms with Crippen molar-refractivity contribution in [3.05, 3.63) is 29.8 Å². The van der Waals surface area contributed by atoms with Gasteiger partial charge in [0.05, 0.1) is 13.2 Å². The summed E-state index contributed by atoms with van der Waals surface area (Å²) < 4.78 is 10.2. The third-order valence-corrected chi connectivity index (χ3v) is 3.75. The smallest absolute Gasteiger partial charge is 0.330 e. The Morgan fingerprint density at radius 3 is 2.64 bits per heavy atom. The number of hydrogen-bond acceptors (Lipinski definition) is 7. The molecule has 3 rings (SSSR count). The van der Waals surface area contributed by atoms with Crippen LogP contribution in [0.15, 0.2) is 24.3 Å². The fraction of sp³-hybridized carbons (Fsp3) is 0.438. The summed E-state index contributed by atoms with van der Waals surface area (Å²) in [5.74, 6) is -0.393. The molecule has 1 fully saturated rings. The van der Waals surface area contributed by atoms with Crippen LogP contribution in [0.25, 0.3) is 11.4 Å². The largest absolute Gasteiger partial charge is 0.454 e. The van der Waals surface area contributed by atoms with E-state index in [0.29, 0.717) is 32.1 Å². The van der Waals surface area contributed by atoms with E-state index in [-0.39, 0.29) is 19.1 Å². The molecule has 9 nitrogen and oxygen atoms in total. The standard InChI is InChI=1S/C16H19N5O4/c1-12-2-4-13(5-3-12)16-17-19-21(18-16)10-15(23)25-11-14(22)20-6-8-24-9-7-20/h2-5H,6-11H2,1H3. The van der Waals surface area contributed by atoms with Gasteiger partial charge in [0.1, 0.15) is 0 Å². The highest BCUT2D eigenvalue weighted by atomic mass is 16.5. The van der Waals surface area contributed by atoms with Gasteiger partial charge in [0.15, 0.2) is 13.2 Å². The van der Waals surface area contributed by atoms with Gasteiger partial charge in [-0.15, -0.1) is 10.2 Å². The molecule has 2 aromatic rings. The number of carbonyl (C=O) groups is 2. The van der Waals surface area contributed by atoms with Crippen LogP contribution in [0.1, 0.15) is 5.56 Å². The molecule has 0 saturated carbocycles. The summed E-state index contributed by atoms with van der Waals surface area (Å²) in [6.45, 7) is 3.53. The highest BCUT2D eigenvalue weighted by Crippen LogP contribution is 2.13. The first-order valence-electron chi connectivity index (χ1n) is 7.98. The Morgan fingerprint density at radius 2 is 1.92 bits per heavy atom. The predicted octanol–water partition coefficient (Wildman–Crippen LogP) is 0.0505. The summed E-state index contributed by atoms with van der Waals surface area (Å²) in [7, 11) is 0. The molecule has 2 heterocycles. The monoisotopic (exact) mass is 345 g/mol. The molecule has 0 atom stereocenters. The fourth-order valence-corrected chi connectivity index (χ4v) is 2.34. The minimum absolute atomic E-state index is 0.199. The number of morpholine rings is 1. The van der Waals surface area contributed by atoms with E-state index in [1.165, 1.54) is 0 Å². The highest BCUT2D eigenvalue weighted by molar-refractivity contribution is 5.80. The summed E-state index contributed by atoms with van der Waals surface area (Å²) in [5, 5.41) is 11.9. The maximum atomic E-state index is 11.9. The van der Waals surface area contributed by atoms with E-state index in [4.69, 9.17) is 9.47 Å². The first-order chi connectivity index (χ1) is 12.1. The molecule has 1 amide bonds. The molecular formula is C16H19N5O4. The molecule has 1 aliphatic rings. The van der Waals surface area contributed by atoms with Crippen molar-refractivity contribution in [2.24, 2.45) is 0 Å². The van der Waals surface area contributed by atoms with Gasteiger partial charge in [0.2, 0.25) is 5.82 Å². The first-order valence-corrected chi connectivity index (χ1v) is 7.98. The lowest BCUT2D eigenvalue weighted by molar-refractivity contribution is -0.154. The number of benzene rings is 1. The summed E-state index contributed by atoms with van der Waals surface area (Å²) in [4.78, 5) is 26.5. The maximum absolute atomic E-state index is 11.9. The minimum Gasteiger partial charge on any atom is -0.454 e. The van der Waals surface area contributed by atoms with Crippen molar-refractivity contribution in [3.8, 4) is 11.4 Å². The number of aryl methyl sites for hydroxylation is 1. The molecule has 0 aliphatic carbocycles. The zero-order valence-corrected chi connectivity index (χ0v) is 13.9. The highest BCUT2D eigenvalue weighted by Gasteiger charge is 2.18. The third kappa shape index (κ3) is 4.60. The van der Waals surface area contributed by atoms with Gasteiger partial charge in [-0.25, -0.2) is 4.79 Å². The second kappa shape index (κ2) is 7.84. The number of amides is 1. The van der Waals surface area contributed by atoms with Gasteiger partial charge in [-0.1, -0.05) is 29.8 Å². The summed E-state index contributed by atoms with van der Waals surface area (Å²) in [5.41, 5.74) is 1.94. The van der Waals surface area contributed by atoms with Crippen LogP contribution in [-0.2, 0) is 25.6 Å². The zero-order chi connectivity index (χ0) is 17.6. The van der Waals surface area contributed by atoms with Crippen LogP contribution in [-0.4, -0.2) is 69.9 Å². The van der Waals surface area contributed by atoms with Crippen molar-refractivity contribution in [1.29, 1.82) is 0 Å². The average Bonchev–Trinajstić information content (AvgIpc) is 3.09. The van der Waals surface area contributed by atoms with E-state index in [1.807, 2.05) is 31.2 Å². The Bertz CT molecular complexity index is 737. The Hall–Kier alpha value is -2.81. The van der Waals surface area contributed by atoms with E-state index in [1.54, 1.807) is 4.90 Å². The number of nitrogens with zero attached hydrogens (tertiary/aromatic N) is 5. The Kier molecular flexibility index (Phi) is 5.34. The molecule has 0 N–H and O–H groups in total. The van der Waals surface area contributed by atoms with Crippen LogP contribution < -0.4 is 0 Å². The van der Waals surface area contributed by atoms with Crippen LogP contribution in [0.5, 0.6) is 0 Å². The molecule has 1 aromatic heterocycles. The number of rotatable bonds is 5. The topological polar surface area (TPSA) is 99.4 Å². The SMILES string of the molecule is Cc1ccc(-c2nnn(CC(=O)OCC(=O)N3CCOCC3)n2)cc1. The first kappa shape index (κ1) is 17.0. The van der Waals surface area contributed by atoms with Gasteiger partial charge < -0.3 is 14.4 Å². The average molecular weight is 345 g/mol. The van der Waals surface area contributed by atoms with E-state index in [2.05, 4.69) is 15.4 Å². The van der Waals surface area contributed by atoms with Crippen molar-refractivity contribution in [1.82, 2.24) is 25.1 Å². The third-order valence-electron chi connectivity index (χ3n) is 3.75. The van der Waals surface area contributed by atoms with Crippen molar-refractivity contribution < 1.29 is 19.1 Å². The molecule has 0 radical (unpaired) electrons. The Morgan fingerprint density at radius 1 is 1.20 bits per heavy atom. The summed E-state index contributed by atoms with van der Waals surface area (Å²) in [6.07, 6.45) is 0. The lowest BCUT2D eigenvalue weighted by Crippen LogP contribution is -2.42. The van der Waals surface area contributed by atoms with Crippen molar-refractivity contribution in [2.75, 3.05) is 32.9 Å². The van der Waals surface area contributed by atoms with E-state index < -0.39 is 5.97 Å². The minimum atomic E-state index is -0.588. The van der Waals surface area contributed by atoms with Crippen LogP contribution in [0.3, 0.4) is 0 Å². The lowest BCUT2D eigenvalue weighted by atomic mass is 10.1. The van der Waals surface area contributed by atoms with Crippen molar-refractivity contribution in [2.45, 2.75) is 13.5 Å². The van der Waals surface area contributed by atoms with Gasteiger partial charge >= 0.3 is 5.97 Å². The van der Waals surface area contributed by atoms with Crippen LogP contribution in [0.4, 0.5) is 0 Å². The van der Waals surface area contributed by atoms with Crippen molar-refractivity contribution >= 4 is 11.9 Å². The Labute approximate surface area is 144 Å². The van der Waals surface area contributed by atoms with Gasteiger partial charge in [0, 0.05) is 18.7 Å². The molecular weight excluding hydrogens is 326 g/mol. The number of aromatic nitrogens is 4. The summed E-state index contributed by atoms with van der Waals surface area (Å²) in [6, 6.07) is 7.66. The molecule has 0 bridgehead atoms. The zero-order valence-electron chi connectivity index (χ0n) is 13.9. The molecule has 0 unspecified atom stereocenters. The Balaban J connectivity index is 1.49. The van der Waals surface area contributed by atoms with Crippen LogP contribution in [0.2, 0.25) is 0 Å². The van der Waals surface area contributed by atoms with E-state index >= 15 is 0 Å². The number of hydrogen-bond donors (Lipinski definition) is 0. The number of tetrazole rings is 1. The normalized spacial score (nSPS) is 14.4. The number of esters is 1. The molecule has 132 valence electrons. The van der Waals surface area contributed by atoms with E-state index in [0.717, 1.165) is 15.9 Å². The second-order valence-corrected chi connectivity index (χ2v) is 5.66. The van der Waals surface area contributed by atoms with Gasteiger partial charge in [-0.2, -0.15) is 4.80 Å². The fourth-order valence-electron chi connectivity index (χ4n) is 2.34. The molecule has 1 aromatic carbocycles. The van der Waals surface area contributed by atoms with Crippen molar-refractivity contribution in [3.63, 3.8) is 0 Å².